The maximum Gasteiger partial charge on any atom is 0.144 e. The molecule has 1 aromatic heterocycles. The van der Waals surface area contributed by atoms with Gasteiger partial charge in [0.2, 0.25) is 0 Å². The van der Waals surface area contributed by atoms with Gasteiger partial charge in [0.05, 0.1) is 16.9 Å². The molecule has 0 spiro atoms. The van der Waals surface area contributed by atoms with E-state index in [0.717, 1.165) is 13.0 Å². The van der Waals surface area contributed by atoms with Crippen molar-refractivity contribution in [1.82, 2.24) is 4.98 Å². The van der Waals surface area contributed by atoms with Crippen molar-refractivity contribution in [2.24, 2.45) is 5.41 Å². The highest BCUT2D eigenvalue weighted by Crippen LogP contribution is 2.22. The van der Waals surface area contributed by atoms with E-state index in [1.54, 1.807) is 12.3 Å². The normalized spacial score (nSPS) is 11.5. The number of nitrogens with one attached hydrogen (secondary N) is 1. The molecule has 1 rings (SSSR count). The second kappa shape index (κ2) is 4.71. The van der Waals surface area contributed by atoms with Gasteiger partial charge in [0.25, 0.3) is 0 Å². The largest absolute Gasteiger partial charge is 0.397 e. The van der Waals surface area contributed by atoms with E-state index in [4.69, 9.17) is 17.3 Å². The minimum atomic E-state index is 0.313. The second-order valence-corrected chi connectivity index (χ2v) is 5.24. The second-order valence-electron chi connectivity index (χ2n) is 4.84. The molecule has 1 aromatic rings. The van der Waals surface area contributed by atoms with Gasteiger partial charge in [-0.3, -0.25) is 0 Å². The Labute approximate surface area is 96.0 Å². The molecule has 0 aliphatic rings. The summed E-state index contributed by atoms with van der Waals surface area (Å²) in [5.74, 6) is 0.704. The number of hydrogen-bond acceptors (Lipinski definition) is 3. The summed E-state index contributed by atoms with van der Waals surface area (Å²) in [6.45, 7) is 7.46. The van der Waals surface area contributed by atoms with Crippen molar-refractivity contribution in [2.75, 3.05) is 17.6 Å². The van der Waals surface area contributed by atoms with Crippen LogP contribution in [0, 0.1) is 5.41 Å². The van der Waals surface area contributed by atoms with E-state index in [2.05, 4.69) is 31.1 Å². The molecule has 0 fully saturated rings. The molecular formula is C11H18ClN3. The van der Waals surface area contributed by atoms with Crippen LogP contribution in [0.1, 0.15) is 27.2 Å². The first-order chi connectivity index (χ1) is 6.88. The molecule has 0 unspecified atom stereocenters. The zero-order valence-electron chi connectivity index (χ0n) is 9.47. The maximum atomic E-state index is 5.97. The van der Waals surface area contributed by atoms with E-state index < -0.39 is 0 Å². The topological polar surface area (TPSA) is 50.9 Å². The number of aromatic nitrogens is 1. The van der Waals surface area contributed by atoms with Crippen LogP contribution in [0.5, 0.6) is 0 Å². The van der Waals surface area contributed by atoms with Gasteiger partial charge in [-0.15, -0.1) is 0 Å². The SMILES string of the molecule is CC(C)(C)CCNc1ncc(N)cc1Cl. The van der Waals surface area contributed by atoms with Crippen molar-refractivity contribution in [3.63, 3.8) is 0 Å². The average molecular weight is 228 g/mol. The van der Waals surface area contributed by atoms with Gasteiger partial charge in [0.1, 0.15) is 5.82 Å². The Morgan fingerprint density at radius 2 is 2.13 bits per heavy atom. The van der Waals surface area contributed by atoms with Gasteiger partial charge < -0.3 is 11.1 Å². The van der Waals surface area contributed by atoms with Crippen molar-refractivity contribution in [3.05, 3.63) is 17.3 Å². The minimum Gasteiger partial charge on any atom is -0.397 e. The molecule has 3 nitrogen and oxygen atoms in total. The summed E-state index contributed by atoms with van der Waals surface area (Å²) in [4.78, 5) is 4.13. The van der Waals surface area contributed by atoms with E-state index in [-0.39, 0.29) is 0 Å². The number of halogens is 1. The van der Waals surface area contributed by atoms with E-state index in [0.29, 0.717) is 21.9 Å². The van der Waals surface area contributed by atoms with Crippen LogP contribution < -0.4 is 11.1 Å². The van der Waals surface area contributed by atoms with Gasteiger partial charge in [0, 0.05) is 6.54 Å². The van der Waals surface area contributed by atoms with Gasteiger partial charge >= 0.3 is 0 Å². The van der Waals surface area contributed by atoms with Crippen molar-refractivity contribution in [3.8, 4) is 0 Å². The van der Waals surface area contributed by atoms with Crippen LogP contribution in [0.3, 0.4) is 0 Å². The number of nitrogen functional groups attached to an aromatic ring is 1. The first-order valence-corrected chi connectivity index (χ1v) is 5.41. The number of pyridine rings is 1. The van der Waals surface area contributed by atoms with Crippen LogP contribution in [0.4, 0.5) is 11.5 Å². The Kier molecular flexibility index (Phi) is 3.80. The fourth-order valence-electron chi connectivity index (χ4n) is 1.14. The third-order valence-corrected chi connectivity index (χ3v) is 2.32. The summed E-state index contributed by atoms with van der Waals surface area (Å²) in [5.41, 5.74) is 6.45. The summed E-state index contributed by atoms with van der Waals surface area (Å²) in [7, 11) is 0. The smallest absolute Gasteiger partial charge is 0.144 e. The first-order valence-electron chi connectivity index (χ1n) is 5.03. The molecule has 0 aliphatic carbocycles. The third kappa shape index (κ3) is 4.38. The highest BCUT2D eigenvalue weighted by Gasteiger charge is 2.10. The molecule has 84 valence electrons. The van der Waals surface area contributed by atoms with Crippen LogP contribution in [0.25, 0.3) is 0 Å². The van der Waals surface area contributed by atoms with E-state index in [1.807, 2.05) is 0 Å². The third-order valence-electron chi connectivity index (χ3n) is 2.03. The molecule has 0 radical (unpaired) electrons. The molecule has 0 aliphatic heterocycles. The maximum absolute atomic E-state index is 5.97. The van der Waals surface area contributed by atoms with E-state index in [1.165, 1.54) is 0 Å². The Hall–Kier alpha value is -0.960. The number of nitrogens with two attached hydrogens (primary N) is 1. The molecule has 0 bridgehead atoms. The monoisotopic (exact) mass is 227 g/mol. The van der Waals surface area contributed by atoms with Gasteiger partial charge in [-0.25, -0.2) is 4.98 Å². The molecule has 15 heavy (non-hydrogen) atoms. The van der Waals surface area contributed by atoms with Crippen LogP contribution in [0.15, 0.2) is 12.3 Å². The molecular weight excluding hydrogens is 210 g/mol. The zero-order chi connectivity index (χ0) is 11.5. The van der Waals surface area contributed by atoms with Crippen LogP contribution in [-0.2, 0) is 0 Å². The van der Waals surface area contributed by atoms with E-state index >= 15 is 0 Å². The standard InChI is InChI=1S/C11H18ClN3/c1-11(2,3)4-5-14-10-9(12)6-8(13)7-15-10/h6-7H,4-5,13H2,1-3H3,(H,14,15). The van der Waals surface area contributed by atoms with Crippen LogP contribution in [-0.4, -0.2) is 11.5 Å². The molecule has 0 atom stereocenters. The fourth-order valence-corrected chi connectivity index (χ4v) is 1.38. The van der Waals surface area contributed by atoms with Crippen molar-refractivity contribution >= 4 is 23.1 Å². The molecule has 0 saturated heterocycles. The van der Waals surface area contributed by atoms with Crippen molar-refractivity contribution in [2.45, 2.75) is 27.2 Å². The number of nitrogens with zero attached hydrogens (tertiary/aromatic N) is 1. The predicted molar refractivity (Wildman–Crippen MR) is 66.2 cm³/mol. The highest BCUT2D eigenvalue weighted by molar-refractivity contribution is 6.33. The lowest BCUT2D eigenvalue weighted by molar-refractivity contribution is 0.389. The Morgan fingerprint density at radius 3 is 2.67 bits per heavy atom. The summed E-state index contributed by atoms with van der Waals surface area (Å²) < 4.78 is 0. The summed E-state index contributed by atoms with van der Waals surface area (Å²) in [5, 5.41) is 3.77. The number of anilines is 2. The lowest BCUT2D eigenvalue weighted by Gasteiger charge is -2.18. The summed E-state index contributed by atoms with van der Waals surface area (Å²) in [6, 6.07) is 1.70. The molecule has 0 aromatic carbocycles. The minimum absolute atomic E-state index is 0.313. The first kappa shape index (κ1) is 12.1. The highest BCUT2D eigenvalue weighted by atomic mass is 35.5. The molecule has 3 N–H and O–H groups in total. The van der Waals surface area contributed by atoms with Gasteiger partial charge in [-0.05, 0) is 17.9 Å². The zero-order valence-corrected chi connectivity index (χ0v) is 10.2. The molecule has 1 heterocycles. The molecule has 0 saturated carbocycles. The van der Waals surface area contributed by atoms with Crippen LogP contribution in [0.2, 0.25) is 5.02 Å². The van der Waals surface area contributed by atoms with Crippen molar-refractivity contribution < 1.29 is 0 Å². The lowest BCUT2D eigenvalue weighted by Crippen LogP contribution is -2.13. The summed E-state index contributed by atoms with van der Waals surface area (Å²) in [6.07, 6.45) is 2.67. The molecule has 4 heteroatoms. The van der Waals surface area contributed by atoms with Crippen LogP contribution >= 0.6 is 11.6 Å². The predicted octanol–water partition coefficient (Wildman–Crippen LogP) is 3.17. The number of rotatable bonds is 3. The quantitative estimate of drug-likeness (QED) is 0.834. The fraction of sp³-hybridized carbons (Fsp3) is 0.545. The Bertz CT molecular complexity index is 331. The number of hydrogen-bond donors (Lipinski definition) is 2. The van der Waals surface area contributed by atoms with Gasteiger partial charge in [-0.1, -0.05) is 32.4 Å². The van der Waals surface area contributed by atoms with Gasteiger partial charge in [0.15, 0.2) is 0 Å². The summed E-state index contributed by atoms with van der Waals surface area (Å²) >= 11 is 5.97. The molecule has 0 amide bonds. The Balaban J connectivity index is 2.51. The average Bonchev–Trinajstić information content (AvgIpc) is 2.07. The van der Waals surface area contributed by atoms with Gasteiger partial charge in [-0.2, -0.15) is 0 Å². The lowest BCUT2D eigenvalue weighted by atomic mass is 9.92. The van der Waals surface area contributed by atoms with Crippen molar-refractivity contribution in [1.29, 1.82) is 0 Å². The Morgan fingerprint density at radius 1 is 1.47 bits per heavy atom. The van der Waals surface area contributed by atoms with E-state index in [9.17, 15) is 0 Å².